The number of ether oxygens (including phenoxy) is 2. The monoisotopic (exact) mass is 392 g/mol. The Morgan fingerprint density at radius 1 is 1.28 bits per heavy atom. The van der Waals surface area contributed by atoms with Crippen molar-refractivity contribution in [2.24, 2.45) is 0 Å². The van der Waals surface area contributed by atoms with Gasteiger partial charge in [0.25, 0.3) is 11.5 Å². The number of rotatable bonds is 2. The summed E-state index contributed by atoms with van der Waals surface area (Å²) >= 11 is 0. The molecule has 0 saturated heterocycles. The fourth-order valence-electron chi connectivity index (χ4n) is 4.39. The van der Waals surface area contributed by atoms with Crippen LogP contribution in [-0.4, -0.2) is 35.3 Å². The molecule has 2 aromatic carbocycles. The summed E-state index contributed by atoms with van der Waals surface area (Å²) in [6, 6.07) is 10.8. The molecule has 0 saturated carbocycles. The van der Waals surface area contributed by atoms with Gasteiger partial charge < -0.3 is 24.0 Å². The number of hydrogen-bond acceptors (Lipinski definition) is 5. The summed E-state index contributed by atoms with van der Waals surface area (Å²) in [5.74, 6) is 0.102. The summed E-state index contributed by atoms with van der Waals surface area (Å²) in [6.45, 7) is 2.55. The van der Waals surface area contributed by atoms with Gasteiger partial charge in [0.05, 0.1) is 19.2 Å². The summed E-state index contributed by atoms with van der Waals surface area (Å²) in [4.78, 5) is 28.4. The van der Waals surface area contributed by atoms with Gasteiger partial charge >= 0.3 is 0 Å². The van der Waals surface area contributed by atoms with E-state index in [4.69, 9.17) is 9.47 Å². The molecule has 3 heterocycles. The number of para-hydroxylation sites is 1. The van der Waals surface area contributed by atoms with Gasteiger partial charge in [-0.15, -0.1) is 0 Å². The van der Waals surface area contributed by atoms with Crippen molar-refractivity contribution < 1.29 is 19.4 Å². The van der Waals surface area contributed by atoms with Gasteiger partial charge in [-0.3, -0.25) is 9.59 Å². The Bertz CT molecular complexity index is 1230. The van der Waals surface area contributed by atoms with Gasteiger partial charge in [-0.1, -0.05) is 18.2 Å². The first kappa shape index (κ1) is 17.6. The Morgan fingerprint density at radius 3 is 2.86 bits per heavy atom. The van der Waals surface area contributed by atoms with Crippen molar-refractivity contribution in [1.82, 2.24) is 4.57 Å². The second-order valence-corrected chi connectivity index (χ2v) is 7.41. The maximum absolute atomic E-state index is 13.5. The molecular weight excluding hydrogens is 372 g/mol. The number of amides is 1. The second kappa shape index (κ2) is 6.27. The Morgan fingerprint density at radius 2 is 2.07 bits per heavy atom. The number of benzene rings is 2. The van der Waals surface area contributed by atoms with Crippen LogP contribution >= 0.6 is 0 Å². The molecule has 1 amide bonds. The highest BCUT2D eigenvalue weighted by atomic mass is 16.5. The van der Waals surface area contributed by atoms with Crippen molar-refractivity contribution in [3.05, 3.63) is 57.9 Å². The average molecular weight is 392 g/mol. The zero-order valence-corrected chi connectivity index (χ0v) is 16.1. The van der Waals surface area contributed by atoms with Crippen molar-refractivity contribution in [1.29, 1.82) is 0 Å². The van der Waals surface area contributed by atoms with Crippen LogP contribution < -0.4 is 19.9 Å². The zero-order valence-electron chi connectivity index (χ0n) is 16.1. The van der Waals surface area contributed by atoms with Gasteiger partial charge in [0, 0.05) is 23.2 Å². The van der Waals surface area contributed by atoms with Gasteiger partial charge in [0.2, 0.25) is 0 Å². The van der Waals surface area contributed by atoms with Crippen LogP contribution in [0.2, 0.25) is 0 Å². The summed E-state index contributed by atoms with van der Waals surface area (Å²) in [7, 11) is 1.51. The molecule has 0 aliphatic carbocycles. The second-order valence-electron chi connectivity index (χ2n) is 7.41. The van der Waals surface area contributed by atoms with Crippen LogP contribution in [0.5, 0.6) is 17.2 Å². The van der Waals surface area contributed by atoms with Crippen LogP contribution in [0.1, 0.15) is 22.8 Å². The number of carbonyl (C=O) groups is 1. The molecule has 2 aliphatic rings. The van der Waals surface area contributed by atoms with Gasteiger partial charge in [0.1, 0.15) is 29.4 Å². The summed E-state index contributed by atoms with van der Waals surface area (Å²) < 4.78 is 12.5. The highest BCUT2D eigenvalue weighted by molar-refractivity contribution is 6.12. The quantitative estimate of drug-likeness (QED) is 0.725. The first-order chi connectivity index (χ1) is 14.0. The maximum Gasteiger partial charge on any atom is 0.267 e. The van der Waals surface area contributed by atoms with Crippen LogP contribution in [0.3, 0.4) is 0 Å². The number of nitrogens with zero attached hydrogens (tertiary/aromatic N) is 2. The lowest BCUT2D eigenvalue weighted by molar-refractivity contribution is 0.0976. The van der Waals surface area contributed by atoms with E-state index in [2.05, 4.69) is 0 Å². The van der Waals surface area contributed by atoms with Crippen molar-refractivity contribution >= 4 is 22.5 Å². The molecule has 2 aliphatic heterocycles. The van der Waals surface area contributed by atoms with E-state index in [9.17, 15) is 14.7 Å². The molecule has 5 rings (SSSR count). The molecule has 0 fully saturated rings. The molecule has 148 valence electrons. The minimum atomic E-state index is -0.508. The summed E-state index contributed by atoms with van der Waals surface area (Å²) in [6.07, 6.45) is 0.705. The molecule has 7 nitrogen and oxygen atoms in total. The van der Waals surface area contributed by atoms with Crippen molar-refractivity contribution in [3.63, 3.8) is 0 Å². The topological polar surface area (TPSA) is 81.0 Å². The highest BCUT2D eigenvalue weighted by Crippen LogP contribution is 2.40. The molecule has 3 aromatic rings. The van der Waals surface area contributed by atoms with Gasteiger partial charge in [0.15, 0.2) is 0 Å². The molecule has 0 bridgehead atoms. The number of carbonyl (C=O) groups excluding carboxylic acids is 1. The van der Waals surface area contributed by atoms with Crippen LogP contribution in [0.25, 0.3) is 10.9 Å². The normalized spacial score (nSPS) is 17.2. The fourth-order valence-corrected chi connectivity index (χ4v) is 4.39. The summed E-state index contributed by atoms with van der Waals surface area (Å²) in [5.41, 5.74) is 1.57. The lowest BCUT2D eigenvalue weighted by Crippen LogP contribution is -2.41. The van der Waals surface area contributed by atoms with Crippen molar-refractivity contribution in [2.75, 3.05) is 18.6 Å². The zero-order chi connectivity index (χ0) is 20.3. The average Bonchev–Trinajstić information content (AvgIpc) is 3.07. The molecule has 1 atom stereocenters. The van der Waals surface area contributed by atoms with E-state index < -0.39 is 11.5 Å². The minimum absolute atomic E-state index is 0.111. The van der Waals surface area contributed by atoms with Crippen LogP contribution in [0.4, 0.5) is 5.69 Å². The highest BCUT2D eigenvalue weighted by Gasteiger charge is 2.35. The fraction of sp³-hybridized carbons (Fsp3) is 0.273. The van der Waals surface area contributed by atoms with Crippen LogP contribution in [-0.2, 0) is 13.0 Å². The lowest BCUT2D eigenvalue weighted by atomic mass is 10.1. The number of fused-ring (bicyclic) bond motifs is 1. The third kappa shape index (κ3) is 2.43. The molecule has 7 heteroatoms. The third-order valence-electron chi connectivity index (χ3n) is 5.72. The molecule has 29 heavy (non-hydrogen) atoms. The Labute approximate surface area is 166 Å². The number of aromatic hydroxyl groups is 1. The molecule has 0 radical (unpaired) electrons. The lowest BCUT2D eigenvalue weighted by Gasteiger charge is -2.26. The molecule has 1 unspecified atom stereocenters. The Kier molecular flexibility index (Phi) is 3.81. The van der Waals surface area contributed by atoms with E-state index in [0.717, 1.165) is 11.3 Å². The van der Waals surface area contributed by atoms with Crippen molar-refractivity contribution in [3.8, 4) is 17.2 Å². The number of methoxy groups -OCH3 is 1. The first-order valence-corrected chi connectivity index (χ1v) is 9.53. The van der Waals surface area contributed by atoms with Gasteiger partial charge in [-0.25, -0.2) is 0 Å². The number of anilines is 1. The molecule has 1 N–H and O–H groups in total. The standard InChI is InChI=1S/C22H20N2O5/c1-12-9-13-5-3-4-6-16(13)24(12)22(27)18-20(25)15-10-14(28-2)11-17-19(15)23(21(18)26)7-8-29-17/h3-6,10-12,25H,7-9H2,1-2H3. The van der Waals surface area contributed by atoms with E-state index in [1.807, 2.05) is 31.2 Å². The van der Waals surface area contributed by atoms with E-state index in [0.29, 0.717) is 42.0 Å². The largest absolute Gasteiger partial charge is 0.506 e. The van der Waals surface area contributed by atoms with E-state index in [1.165, 1.54) is 11.7 Å². The Balaban J connectivity index is 1.76. The summed E-state index contributed by atoms with van der Waals surface area (Å²) in [5, 5.41) is 11.4. The number of aromatic nitrogens is 1. The predicted molar refractivity (Wildman–Crippen MR) is 108 cm³/mol. The van der Waals surface area contributed by atoms with E-state index in [1.54, 1.807) is 17.0 Å². The maximum atomic E-state index is 13.5. The van der Waals surface area contributed by atoms with E-state index >= 15 is 0 Å². The van der Waals surface area contributed by atoms with Crippen molar-refractivity contribution in [2.45, 2.75) is 25.9 Å². The Hall–Kier alpha value is -3.48. The molecule has 0 spiro atoms. The van der Waals surface area contributed by atoms with Gasteiger partial charge in [-0.2, -0.15) is 0 Å². The predicted octanol–water partition coefficient (Wildman–Crippen LogP) is 2.70. The minimum Gasteiger partial charge on any atom is -0.506 e. The number of pyridine rings is 1. The van der Waals surface area contributed by atoms with Gasteiger partial charge in [-0.05, 0) is 31.0 Å². The smallest absolute Gasteiger partial charge is 0.267 e. The number of hydrogen-bond donors (Lipinski definition) is 1. The molecule has 1 aromatic heterocycles. The first-order valence-electron chi connectivity index (χ1n) is 9.53. The van der Waals surface area contributed by atoms with Crippen LogP contribution in [0.15, 0.2) is 41.2 Å². The third-order valence-corrected chi connectivity index (χ3v) is 5.72. The van der Waals surface area contributed by atoms with E-state index in [-0.39, 0.29) is 17.4 Å². The molecular formula is C22H20N2O5. The van der Waals surface area contributed by atoms with Crippen LogP contribution in [0, 0.1) is 0 Å². The SMILES string of the molecule is COc1cc2c3c(c1)c(O)c(C(=O)N1c4ccccc4CC1C)c(=O)n3CCO2.